The molecule has 2 aromatic rings. The van der Waals surface area contributed by atoms with Crippen LogP contribution in [0, 0.1) is 5.82 Å². The quantitative estimate of drug-likeness (QED) is 0.772. The maximum absolute atomic E-state index is 13.2. The summed E-state index contributed by atoms with van der Waals surface area (Å²) >= 11 is 0. The van der Waals surface area contributed by atoms with Crippen molar-refractivity contribution < 1.29 is 28.9 Å². The fourth-order valence-electron chi connectivity index (χ4n) is 3.09. The Hall–Kier alpha value is -2.48. The van der Waals surface area contributed by atoms with Crippen molar-refractivity contribution in [3.63, 3.8) is 0 Å². The average molecular weight is 375 g/mol. The van der Waals surface area contributed by atoms with Crippen molar-refractivity contribution in [2.24, 2.45) is 0 Å². The first-order chi connectivity index (χ1) is 13.1. The highest BCUT2D eigenvalue weighted by Gasteiger charge is 2.23. The van der Waals surface area contributed by atoms with Gasteiger partial charge in [-0.15, -0.1) is 0 Å². The summed E-state index contributed by atoms with van der Waals surface area (Å²) in [5.74, 6) is -0.880. The van der Waals surface area contributed by atoms with Crippen LogP contribution in [0.1, 0.15) is 5.56 Å². The molecule has 0 amide bonds. The molecule has 6 nitrogen and oxygen atoms in total. The summed E-state index contributed by atoms with van der Waals surface area (Å²) in [6.07, 6.45) is 0. The molecule has 1 aliphatic heterocycles. The summed E-state index contributed by atoms with van der Waals surface area (Å²) in [4.78, 5) is 13.0. The van der Waals surface area contributed by atoms with Gasteiger partial charge in [0.15, 0.2) is 6.61 Å². The predicted molar refractivity (Wildman–Crippen MR) is 97.1 cm³/mol. The lowest BCUT2D eigenvalue weighted by atomic mass is 10.0. The highest BCUT2D eigenvalue weighted by atomic mass is 19.1. The van der Waals surface area contributed by atoms with Gasteiger partial charge >= 0.3 is 5.97 Å². The van der Waals surface area contributed by atoms with Crippen LogP contribution in [0.3, 0.4) is 0 Å². The van der Waals surface area contributed by atoms with Gasteiger partial charge in [-0.05, 0) is 35.4 Å². The third-order valence-corrected chi connectivity index (χ3v) is 4.52. The van der Waals surface area contributed by atoms with E-state index in [1.165, 1.54) is 12.1 Å². The molecule has 27 heavy (non-hydrogen) atoms. The van der Waals surface area contributed by atoms with Crippen molar-refractivity contribution in [2.75, 3.05) is 33.0 Å². The third-order valence-electron chi connectivity index (χ3n) is 4.52. The Morgan fingerprint density at radius 3 is 2.67 bits per heavy atom. The fraction of sp³-hybridized carbons (Fsp3) is 0.350. The van der Waals surface area contributed by atoms with E-state index in [0.717, 1.165) is 16.7 Å². The van der Waals surface area contributed by atoms with Crippen LogP contribution >= 0.6 is 0 Å². The molecule has 1 heterocycles. The molecule has 2 aromatic carbocycles. The van der Waals surface area contributed by atoms with Crippen molar-refractivity contribution >= 4 is 5.97 Å². The van der Waals surface area contributed by atoms with E-state index >= 15 is 0 Å². The molecule has 0 unspecified atom stereocenters. The molecule has 144 valence electrons. The van der Waals surface area contributed by atoms with Crippen LogP contribution in [0.15, 0.2) is 42.5 Å². The molecule has 0 radical (unpaired) electrons. The number of carbonyl (C=O) groups is 1. The first-order valence-electron chi connectivity index (χ1n) is 8.73. The van der Waals surface area contributed by atoms with Gasteiger partial charge in [0.2, 0.25) is 0 Å². The summed E-state index contributed by atoms with van der Waals surface area (Å²) in [6, 6.07) is 11.5. The van der Waals surface area contributed by atoms with Gasteiger partial charge in [-0.1, -0.05) is 18.2 Å². The van der Waals surface area contributed by atoms with Crippen molar-refractivity contribution in [3.8, 4) is 16.9 Å². The van der Waals surface area contributed by atoms with E-state index in [0.29, 0.717) is 32.1 Å². The normalized spacial score (nSPS) is 17.6. The number of carboxylic acid groups (broad SMARTS) is 1. The van der Waals surface area contributed by atoms with E-state index in [1.54, 1.807) is 18.2 Å². The maximum atomic E-state index is 13.2. The number of hydrogen-bond donors (Lipinski definition) is 2. The molecular formula is C20H22FNO5. The minimum absolute atomic E-state index is 0.0248. The van der Waals surface area contributed by atoms with Crippen molar-refractivity contribution in [3.05, 3.63) is 53.8 Å². The zero-order valence-corrected chi connectivity index (χ0v) is 14.8. The second kappa shape index (κ2) is 8.94. The maximum Gasteiger partial charge on any atom is 0.341 e. The Balaban J connectivity index is 1.89. The van der Waals surface area contributed by atoms with Gasteiger partial charge in [-0.2, -0.15) is 0 Å². The van der Waals surface area contributed by atoms with Gasteiger partial charge < -0.3 is 19.7 Å². The van der Waals surface area contributed by atoms with Crippen LogP contribution in [0.5, 0.6) is 5.75 Å². The number of benzene rings is 2. The molecule has 1 saturated heterocycles. The number of aliphatic hydroxyl groups is 1. The van der Waals surface area contributed by atoms with Crippen LogP contribution in [0.2, 0.25) is 0 Å². The zero-order chi connectivity index (χ0) is 19.2. The van der Waals surface area contributed by atoms with E-state index in [1.807, 2.05) is 12.1 Å². The van der Waals surface area contributed by atoms with Crippen LogP contribution in [-0.4, -0.2) is 60.1 Å². The summed E-state index contributed by atoms with van der Waals surface area (Å²) < 4.78 is 24.0. The average Bonchev–Trinajstić information content (AvgIpc) is 2.68. The van der Waals surface area contributed by atoms with E-state index in [4.69, 9.17) is 14.6 Å². The Morgan fingerprint density at radius 1 is 1.22 bits per heavy atom. The van der Waals surface area contributed by atoms with Gasteiger partial charge in [0, 0.05) is 18.7 Å². The first-order valence-corrected chi connectivity index (χ1v) is 8.73. The minimum atomic E-state index is -1.05. The molecular weight excluding hydrogens is 353 g/mol. The summed E-state index contributed by atoms with van der Waals surface area (Å²) in [5, 5.41) is 18.5. The number of aliphatic carboxylic acids is 1. The molecule has 7 heteroatoms. The number of nitrogens with zero attached hydrogens (tertiary/aromatic N) is 1. The number of carboxylic acids is 1. The summed E-state index contributed by atoms with van der Waals surface area (Å²) in [5.41, 5.74) is 2.53. The van der Waals surface area contributed by atoms with Crippen LogP contribution in [0.25, 0.3) is 11.1 Å². The molecule has 0 aliphatic carbocycles. The number of halogens is 1. The Kier molecular flexibility index (Phi) is 6.39. The predicted octanol–water partition coefficient (Wildman–Crippen LogP) is 2.15. The molecule has 0 spiro atoms. The van der Waals surface area contributed by atoms with Gasteiger partial charge in [0.05, 0.1) is 25.9 Å². The number of aliphatic hydroxyl groups excluding tert-OH is 1. The molecule has 3 rings (SSSR count). The second-order valence-electron chi connectivity index (χ2n) is 6.39. The zero-order valence-electron chi connectivity index (χ0n) is 14.8. The third kappa shape index (κ3) is 5.03. The number of hydrogen-bond acceptors (Lipinski definition) is 5. The highest BCUT2D eigenvalue weighted by molar-refractivity contribution is 5.69. The number of morpholine rings is 1. The molecule has 1 atom stereocenters. The molecule has 1 aliphatic rings. The van der Waals surface area contributed by atoms with Crippen molar-refractivity contribution in [2.45, 2.75) is 12.6 Å². The van der Waals surface area contributed by atoms with Gasteiger partial charge in [0.25, 0.3) is 0 Å². The molecule has 0 aromatic heterocycles. The second-order valence-corrected chi connectivity index (χ2v) is 6.39. The summed E-state index contributed by atoms with van der Waals surface area (Å²) in [6.45, 7) is 1.69. The van der Waals surface area contributed by atoms with E-state index in [9.17, 15) is 14.3 Å². The van der Waals surface area contributed by atoms with Gasteiger partial charge in [0.1, 0.15) is 11.6 Å². The van der Waals surface area contributed by atoms with E-state index in [-0.39, 0.29) is 18.5 Å². The van der Waals surface area contributed by atoms with Crippen LogP contribution in [0.4, 0.5) is 4.39 Å². The SMILES string of the molecule is O=C(O)COc1ccc(-c2ccc(F)cc2)cc1CN1CCOC[C@@H]1CO. The number of rotatable bonds is 7. The lowest BCUT2D eigenvalue weighted by Gasteiger charge is -2.34. The van der Waals surface area contributed by atoms with E-state index in [2.05, 4.69) is 4.90 Å². The van der Waals surface area contributed by atoms with Crippen LogP contribution < -0.4 is 4.74 Å². The van der Waals surface area contributed by atoms with Crippen molar-refractivity contribution in [1.82, 2.24) is 4.90 Å². The molecule has 0 saturated carbocycles. The Labute approximate surface area is 156 Å². The monoisotopic (exact) mass is 375 g/mol. The first kappa shape index (κ1) is 19.3. The fourth-order valence-corrected chi connectivity index (χ4v) is 3.09. The molecule has 0 bridgehead atoms. The van der Waals surface area contributed by atoms with Gasteiger partial charge in [-0.3, -0.25) is 4.90 Å². The summed E-state index contributed by atoms with van der Waals surface area (Å²) in [7, 11) is 0. The number of ether oxygens (including phenoxy) is 2. The lowest BCUT2D eigenvalue weighted by molar-refractivity contribution is -0.139. The largest absolute Gasteiger partial charge is 0.482 e. The minimum Gasteiger partial charge on any atom is -0.482 e. The van der Waals surface area contributed by atoms with Crippen LogP contribution in [-0.2, 0) is 16.1 Å². The Bertz CT molecular complexity index is 780. The molecule has 1 fully saturated rings. The molecule has 2 N–H and O–H groups in total. The van der Waals surface area contributed by atoms with Gasteiger partial charge in [-0.25, -0.2) is 9.18 Å². The highest BCUT2D eigenvalue weighted by Crippen LogP contribution is 2.29. The Morgan fingerprint density at radius 2 is 1.96 bits per heavy atom. The smallest absolute Gasteiger partial charge is 0.341 e. The van der Waals surface area contributed by atoms with E-state index < -0.39 is 12.6 Å². The van der Waals surface area contributed by atoms with Crippen molar-refractivity contribution in [1.29, 1.82) is 0 Å². The topological polar surface area (TPSA) is 79.2 Å². The lowest BCUT2D eigenvalue weighted by Crippen LogP contribution is -2.46. The standard InChI is InChI=1S/C20H22FNO5/c21-17-4-1-14(2-5-17)15-3-6-19(27-13-20(24)25)16(9-15)10-22-7-8-26-12-18(22)11-23/h1-6,9,18,23H,7-8,10-13H2,(H,24,25)/t18-/m0/s1.